The maximum Gasteiger partial charge on any atom is 0.0793 e. The van der Waals surface area contributed by atoms with Gasteiger partial charge in [-0.15, -0.1) is 11.3 Å². The molecule has 1 nitrogen and oxygen atoms in total. The molecule has 1 unspecified atom stereocenters. The molecule has 1 atom stereocenters. The molecule has 11 aromatic rings. The molecule has 0 fully saturated rings. The number of nitrogens with zero attached hydrogens (tertiary/aromatic N) is 1. The molecule has 0 saturated heterocycles. The molecular weight excluding hydrogens is 815 g/mol. The Kier molecular flexibility index (Phi) is 8.63. The highest BCUT2D eigenvalue weighted by Crippen LogP contribution is 2.60. The Morgan fingerprint density at radius 2 is 1.03 bits per heavy atom. The molecule has 13 rings (SSSR count). The first-order chi connectivity index (χ1) is 32.5. The van der Waals surface area contributed by atoms with E-state index in [0.717, 1.165) is 22.6 Å². The molecule has 1 heterocycles. The van der Waals surface area contributed by atoms with Crippen molar-refractivity contribution in [3.8, 4) is 44.5 Å². The van der Waals surface area contributed by atoms with Gasteiger partial charge in [-0.2, -0.15) is 0 Å². The monoisotopic (exact) mass is 857 g/mol. The fourth-order valence-corrected chi connectivity index (χ4v) is 12.7. The first-order valence-electron chi connectivity index (χ1n) is 22.8. The molecule has 66 heavy (non-hydrogen) atoms. The Labute approximate surface area is 390 Å². The fourth-order valence-electron chi connectivity index (χ4n) is 11.3. The van der Waals surface area contributed by atoms with Crippen molar-refractivity contribution in [3.05, 3.63) is 270 Å². The molecule has 0 bridgehead atoms. The molecule has 0 aliphatic heterocycles. The van der Waals surface area contributed by atoms with Gasteiger partial charge in [0.1, 0.15) is 0 Å². The van der Waals surface area contributed by atoms with Gasteiger partial charge in [-0.1, -0.05) is 202 Å². The third-order valence-corrected chi connectivity index (χ3v) is 15.7. The van der Waals surface area contributed by atoms with Crippen LogP contribution in [0.4, 0.5) is 17.1 Å². The zero-order valence-electron chi connectivity index (χ0n) is 36.7. The van der Waals surface area contributed by atoms with Crippen LogP contribution in [0.25, 0.3) is 64.7 Å². The summed E-state index contributed by atoms with van der Waals surface area (Å²) in [6.07, 6.45) is 0. The number of anilines is 3. The molecule has 2 aliphatic rings. The summed E-state index contributed by atoms with van der Waals surface area (Å²) in [5, 5.41) is 2.53. The van der Waals surface area contributed by atoms with Crippen molar-refractivity contribution in [2.45, 2.75) is 24.7 Å². The van der Waals surface area contributed by atoms with Gasteiger partial charge in [0.05, 0.1) is 15.8 Å². The number of hydrogen-bond donors (Lipinski definition) is 0. The topological polar surface area (TPSA) is 3.24 Å². The van der Waals surface area contributed by atoms with Crippen LogP contribution in [-0.2, 0) is 10.8 Å². The summed E-state index contributed by atoms with van der Waals surface area (Å²) < 4.78 is 2.56. The molecule has 0 radical (unpaired) electrons. The van der Waals surface area contributed by atoms with Crippen molar-refractivity contribution in [3.63, 3.8) is 0 Å². The summed E-state index contributed by atoms with van der Waals surface area (Å²) in [6.45, 7) is 4.71. The molecule has 2 aliphatic carbocycles. The lowest BCUT2D eigenvalue weighted by atomic mass is 9.68. The quantitative estimate of drug-likeness (QED) is 0.154. The number of benzene rings is 9. The lowest BCUT2D eigenvalue weighted by molar-refractivity contribution is 0.660. The molecule has 0 N–H and O–H groups in total. The Hall–Kier alpha value is -7.96. The van der Waals surface area contributed by atoms with Gasteiger partial charge in [0, 0.05) is 43.4 Å². The highest BCUT2D eigenvalue weighted by Gasteiger charge is 2.47. The van der Waals surface area contributed by atoms with Gasteiger partial charge in [0.2, 0.25) is 0 Å². The van der Waals surface area contributed by atoms with E-state index in [1.165, 1.54) is 92.5 Å². The van der Waals surface area contributed by atoms with Crippen LogP contribution in [-0.4, -0.2) is 0 Å². The fraction of sp³-hybridized carbons (Fsp3) is 0.0625. The Bertz CT molecular complexity index is 3600. The van der Waals surface area contributed by atoms with Crippen LogP contribution in [0.3, 0.4) is 0 Å². The summed E-state index contributed by atoms with van der Waals surface area (Å²) in [7, 11) is 0. The summed E-state index contributed by atoms with van der Waals surface area (Å²) in [5.41, 5.74) is 20.6. The van der Waals surface area contributed by atoms with E-state index in [1.54, 1.807) is 0 Å². The SMILES string of the molecule is CC1(C)c2ccccc2-c2ccc(-c3ccc(N(c4ccc(-c5ccccc5)cc4)c4cccc5c4sc4c6c(ccc45)C(c4c#cccc4)(c4ccccc4)c4ccccc4-6)cc3)cc21. The minimum atomic E-state index is -0.537. The third kappa shape index (κ3) is 5.60. The van der Waals surface area contributed by atoms with E-state index in [1.807, 2.05) is 17.4 Å². The van der Waals surface area contributed by atoms with Gasteiger partial charge in [-0.25, -0.2) is 0 Å². The molecule has 0 spiro atoms. The van der Waals surface area contributed by atoms with E-state index in [9.17, 15) is 0 Å². The second-order valence-electron chi connectivity index (χ2n) is 18.2. The van der Waals surface area contributed by atoms with Crippen LogP contribution in [0.5, 0.6) is 0 Å². The Balaban J connectivity index is 0.989. The average molecular weight is 858 g/mol. The van der Waals surface area contributed by atoms with E-state index in [2.05, 4.69) is 249 Å². The summed E-state index contributed by atoms with van der Waals surface area (Å²) >= 11 is 1.91. The van der Waals surface area contributed by atoms with Gasteiger partial charge in [-0.3, -0.25) is 0 Å². The standard InChI is InChI=1S/C64H43NS/c1-63(2)55-26-14-12-23-50(55)51-38-33-45(41-58(51)63)44-31-36-49(37-32-44)65(48-34-29-43(30-35-48)42-17-6-3-7-18-42)59-28-16-25-52-53-39-40-57-60(62(53)66-61(52)59)54-24-13-15-27-56(54)64(57,46-19-8-4-9-20-46)47-21-10-5-11-22-47/h3-10,12-21,23-41H,1-2H3. The van der Waals surface area contributed by atoms with Crippen molar-refractivity contribution in [2.24, 2.45) is 0 Å². The minimum absolute atomic E-state index is 0.0582. The van der Waals surface area contributed by atoms with Crippen molar-refractivity contribution in [1.82, 2.24) is 0 Å². The van der Waals surface area contributed by atoms with E-state index in [-0.39, 0.29) is 5.41 Å². The van der Waals surface area contributed by atoms with E-state index in [4.69, 9.17) is 0 Å². The third-order valence-electron chi connectivity index (χ3n) is 14.4. The number of fused-ring (bicyclic) bond motifs is 10. The number of hydrogen-bond acceptors (Lipinski definition) is 2. The van der Waals surface area contributed by atoms with Crippen LogP contribution >= 0.6 is 11.3 Å². The maximum absolute atomic E-state index is 3.59. The molecule has 1 aromatic heterocycles. The zero-order valence-corrected chi connectivity index (χ0v) is 37.5. The summed E-state index contributed by atoms with van der Waals surface area (Å²) in [5.74, 6) is 0. The van der Waals surface area contributed by atoms with Crippen LogP contribution in [0.1, 0.15) is 47.2 Å². The first kappa shape index (κ1) is 38.5. The first-order valence-corrected chi connectivity index (χ1v) is 23.7. The van der Waals surface area contributed by atoms with Gasteiger partial charge in [0.25, 0.3) is 0 Å². The van der Waals surface area contributed by atoms with Crippen LogP contribution < -0.4 is 4.90 Å². The van der Waals surface area contributed by atoms with Crippen molar-refractivity contribution >= 4 is 48.6 Å². The van der Waals surface area contributed by atoms with Gasteiger partial charge < -0.3 is 4.90 Å². The molecular formula is C64H43NS. The number of thiophene rings is 1. The van der Waals surface area contributed by atoms with Gasteiger partial charge in [-0.05, 0) is 115 Å². The smallest absolute Gasteiger partial charge is 0.0793 e. The maximum atomic E-state index is 3.59. The van der Waals surface area contributed by atoms with Crippen molar-refractivity contribution in [1.29, 1.82) is 0 Å². The highest BCUT2D eigenvalue weighted by molar-refractivity contribution is 7.27. The van der Waals surface area contributed by atoms with E-state index in [0.29, 0.717) is 0 Å². The highest BCUT2D eigenvalue weighted by atomic mass is 32.1. The summed E-state index contributed by atoms with van der Waals surface area (Å²) in [4.78, 5) is 2.45. The largest absolute Gasteiger partial charge is 0.309 e. The Morgan fingerprint density at radius 3 is 1.76 bits per heavy atom. The predicted molar refractivity (Wildman–Crippen MR) is 277 cm³/mol. The predicted octanol–water partition coefficient (Wildman–Crippen LogP) is 17.1. The second kappa shape index (κ2) is 14.8. The lowest BCUT2D eigenvalue weighted by Crippen LogP contribution is -2.28. The van der Waals surface area contributed by atoms with Gasteiger partial charge >= 0.3 is 0 Å². The van der Waals surface area contributed by atoms with E-state index >= 15 is 0 Å². The van der Waals surface area contributed by atoms with Gasteiger partial charge in [0.15, 0.2) is 0 Å². The molecule has 0 saturated carbocycles. The normalized spacial score (nSPS) is 13.7. The van der Waals surface area contributed by atoms with E-state index < -0.39 is 5.41 Å². The zero-order chi connectivity index (χ0) is 44.0. The van der Waals surface area contributed by atoms with Crippen LogP contribution in [0.2, 0.25) is 0 Å². The summed E-state index contributed by atoms with van der Waals surface area (Å²) in [6, 6.07) is 89.6. The molecule has 2 heteroatoms. The number of rotatable bonds is 7. The second-order valence-corrected chi connectivity index (χ2v) is 19.2. The van der Waals surface area contributed by atoms with Crippen LogP contribution in [0, 0.1) is 12.1 Å². The Morgan fingerprint density at radius 1 is 0.424 bits per heavy atom. The van der Waals surface area contributed by atoms with Crippen molar-refractivity contribution < 1.29 is 0 Å². The molecule has 310 valence electrons. The molecule has 10 aromatic carbocycles. The van der Waals surface area contributed by atoms with Crippen molar-refractivity contribution in [2.75, 3.05) is 4.90 Å². The molecule has 0 amide bonds. The lowest BCUT2D eigenvalue weighted by Gasteiger charge is -2.32. The van der Waals surface area contributed by atoms with Crippen LogP contribution in [0.15, 0.2) is 224 Å². The average Bonchev–Trinajstić information content (AvgIpc) is 3.99. The minimum Gasteiger partial charge on any atom is -0.309 e.